The third-order valence-corrected chi connectivity index (χ3v) is 5.13. The Balaban J connectivity index is 2.32. The first-order valence-corrected chi connectivity index (χ1v) is 8.96. The first-order chi connectivity index (χ1) is 13.7. The summed E-state index contributed by atoms with van der Waals surface area (Å²) >= 11 is 0. The van der Waals surface area contributed by atoms with Crippen LogP contribution in [0, 0.1) is 22.7 Å². The zero-order chi connectivity index (χ0) is 19.7. The quantitative estimate of drug-likeness (QED) is 0.548. The maximum Gasteiger partial charge on any atom is 0.0934 e. The van der Waals surface area contributed by atoms with Gasteiger partial charge in [-0.15, -0.1) is 0 Å². The summed E-state index contributed by atoms with van der Waals surface area (Å²) in [6.45, 7) is 0. The van der Waals surface area contributed by atoms with Crippen molar-refractivity contribution in [2.24, 2.45) is 14.1 Å². The van der Waals surface area contributed by atoms with E-state index in [1.54, 1.807) is 12.2 Å². The van der Waals surface area contributed by atoms with Gasteiger partial charge in [0.1, 0.15) is 0 Å². The Hall–Kier alpha value is -4.02. The zero-order valence-corrected chi connectivity index (χ0v) is 15.7. The molecule has 0 amide bonds. The molecule has 4 aromatic rings. The molecule has 0 saturated heterocycles. The van der Waals surface area contributed by atoms with E-state index in [1.165, 1.54) is 0 Å². The topological polar surface area (TPSA) is 57.4 Å². The molecule has 4 rings (SSSR count). The van der Waals surface area contributed by atoms with Gasteiger partial charge in [-0.3, -0.25) is 0 Å². The summed E-state index contributed by atoms with van der Waals surface area (Å²) in [5.41, 5.74) is 4.09. The first-order valence-electron chi connectivity index (χ1n) is 8.96. The SMILES string of the molecule is Cn1c(-c2ccccc2)c2c(=CC#N)n(C)c(-c3ccccc3)c2c1=CC#N. The summed E-state index contributed by atoms with van der Waals surface area (Å²) in [6.07, 6.45) is 3.16. The lowest BCUT2D eigenvalue weighted by Gasteiger charge is -2.07. The van der Waals surface area contributed by atoms with Gasteiger partial charge in [-0.2, -0.15) is 10.5 Å². The van der Waals surface area contributed by atoms with Crippen LogP contribution in [0.4, 0.5) is 0 Å². The van der Waals surface area contributed by atoms with Crippen LogP contribution in [-0.2, 0) is 14.1 Å². The molecule has 4 heteroatoms. The Kier molecular flexibility index (Phi) is 4.32. The Labute approximate surface area is 163 Å². The van der Waals surface area contributed by atoms with Crippen molar-refractivity contribution in [2.75, 3.05) is 0 Å². The normalized spacial score (nSPS) is 12.3. The Bertz CT molecular complexity index is 1260. The second kappa shape index (κ2) is 6.95. The van der Waals surface area contributed by atoms with Crippen molar-refractivity contribution in [2.45, 2.75) is 0 Å². The summed E-state index contributed by atoms with van der Waals surface area (Å²) in [6, 6.07) is 24.5. The zero-order valence-electron chi connectivity index (χ0n) is 15.7. The standard InChI is InChI=1S/C24H18N4/c1-27-19(13-15-25)21-22(23(27)17-9-5-3-6-10-17)20(14-16-26)28(2)24(21)18-11-7-4-8-12-18/h3-14H,1-2H3. The number of benzene rings is 2. The number of rotatable bonds is 2. The van der Waals surface area contributed by atoms with Crippen molar-refractivity contribution in [1.82, 2.24) is 9.13 Å². The molecule has 0 unspecified atom stereocenters. The van der Waals surface area contributed by atoms with Gasteiger partial charge in [0, 0.05) is 37.0 Å². The molecule has 0 saturated carbocycles. The highest BCUT2D eigenvalue weighted by molar-refractivity contribution is 6.05. The van der Waals surface area contributed by atoms with E-state index in [0.717, 1.165) is 44.0 Å². The van der Waals surface area contributed by atoms with Gasteiger partial charge in [0.2, 0.25) is 0 Å². The third-order valence-electron chi connectivity index (χ3n) is 5.13. The minimum absolute atomic E-state index is 0.836. The fraction of sp³-hybridized carbons (Fsp3) is 0.0833. The van der Waals surface area contributed by atoms with Gasteiger partial charge in [-0.25, -0.2) is 0 Å². The lowest BCUT2D eigenvalue weighted by Crippen LogP contribution is -2.17. The molecule has 2 aromatic carbocycles. The van der Waals surface area contributed by atoms with Crippen LogP contribution in [0.25, 0.3) is 45.4 Å². The lowest BCUT2D eigenvalue weighted by atomic mass is 10.1. The van der Waals surface area contributed by atoms with Crippen molar-refractivity contribution < 1.29 is 0 Å². The molecule has 0 spiro atoms. The molecular formula is C24H18N4. The summed E-state index contributed by atoms with van der Waals surface area (Å²) in [7, 11) is 3.94. The van der Waals surface area contributed by atoms with Crippen LogP contribution >= 0.6 is 0 Å². The largest absolute Gasteiger partial charge is 0.342 e. The molecule has 28 heavy (non-hydrogen) atoms. The van der Waals surface area contributed by atoms with Gasteiger partial charge >= 0.3 is 0 Å². The monoisotopic (exact) mass is 362 g/mol. The molecule has 0 N–H and O–H groups in total. The molecule has 0 aliphatic rings. The summed E-state index contributed by atoms with van der Waals surface area (Å²) in [5, 5.41) is 22.5. The van der Waals surface area contributed by atoms with Crippen LogP contribution in [-0.4, -0.2) is 9.13 Å². The van der Waals surface area contributed by atoms with E-state index in [9.17, 15) is 10.5 Å². The van der Waals surface area contributed by atoms with Crippen LogP contribution in [0.2, 0.25) is 0 Å². The van der Waals surface area contributed by atoms with E-state index in [1.807, 2.05) is 59.6 Å². The van der Waals surface area contributed by atoms with Gasteiger partial charge in [0.15, 0.2) is 0 Å². The molecule has 134 valence electrons. The molecule has 0 fully saturated rings. The number of hydrogen-bond donors (Lipinski definition) is 0. The summed E-state index contributed by atoms with van der Waals surface area (Å²) in [4.78, 5) is 0. The molecular weight excluding hydrogens is 344 g/mol. The number of nitrogens with zero attached hydrogens (tertiary/aromatic N) is 4. The molecule has 2 aromatic heterocycles. The number of hydrogen-bond acceptors (Lipinski definition) is 2. The Morgan fingerprint density at radius 1 is 0.643 bits per heavy atom. The second-order valence-corrected chi connectivity index (χ2v) is 6.61. The molecule has 0 aliphatic heterocycles. The minimum Gasteiger partial charge on any atom is -0.342 e. The van der Waals surface area contributed by atoms with Gasteiger partial charge < -0.3 is 9.13 Å². The van der Waals surface area contributed by atoms with E-state index in [-0.39, 0.29) is 0 Å². The maximum atomic E-state index is 9.44. The fourth-order valence-electron chi connectivity index (χ4n) is 3.98. The predicted octanol–water partition coefficient (Wildman–Crippen LogP) is 3.46. The lowest BCUT2D eigenvalue weighted by molar-refractivity contribution is 0.884. The highest BCUT2D eigenvalue weighted by atomic mass is 15.0. The Morgan fingerprint density at radius 2 is 1.00 bits per heavy atom. The fourth-order valence-corrected chi connectivity index (χ4v) is 3.98. The third kappa shape index (κ3) is 2.52. The molecule has 4 nitrogen and oxygen atoms in total. The summed E-state index contributed by atoms with van der Waals surface area (Å²) in [5.74, 6) is 0. The van der Waals surface area contributed by atoms with E-state index in [2.05, 4.69) is 36.4 Å². The second-order valence-electron chi connectivity index (χ2n) is 6.61. The number of nitriles is 2. The first kappa shape index (κ1) is 17.4. The van der Waals surface area contributed by atoms with Crippen molar-refractivity contribution in [1.29, 1.82) is 10.5 Å². The molecule has 0 aliphatic carbocycles. The van der Waals surface area contributed by atoms with Gasteiger partial charge in [0.25, 0.3) is 0 Å². The van der Waals surface area contributed by atoms with Gasteiger partial charge in [-0.1, -0.05) is 60.7 Å². The van der Waals surface area contributed by atoms with Gasteiger partial charge in [0.05, 0.1) is 34.2 Å². The average Bonchev–Trinajstić information content (AvgIpc) is 3.15. The van der Waals surface area contributed by atoms with Crippen molar-refractivity contribution in [3.8, 4) is 34.7 Å². The van der Waals surface area contributed by atoms with Crippen LogP contribution in [0.3, 0.4) is 0 Å². The molecule has 0 radical (unpaired) electrons. The summed E-state index contributed by atoms with van der Waals surface area (Å²) < 4.78 is 4.09. The van der Waals surface area contributed by atoms with Gasteiger partial charge in [-0.05, 0) is 11.1 Å². The number of fused-ring (bicyclic) bond motifs is 1. The predicted molar refractivity (Wildman–Crippen MR) is 112 cm³/mol. The van der Waals surface area contributed by atoms with E-state index < -0.39 is 0 Å². The highest BCUT2D eigenvalue weighted by Gasteiger charge is 2.21. The van der Waals surface area contributed by atoms with Crippen LogP contribution < -0.4 is 10.7 Å². The molecule has 0 atom stereocenters. The van der Waals surface area contributed by atoms with Crippen molar-refractivity contribution in [3.63, 3.8) is 0 Å². The van der Waals surface area contributed by atoms with E-state index >= 15 is 0 Å². The Morgan fingerprint density at radius 3 is 1.32 bits per heavy atom. The van der Waals surface area contributed by atoms with Crippen LogP contribution in [0.15, 0.2) is 60.7 Å². The minimum atomic E-state index is 0.836. The van der Waals surface area contributed by atoms with Crippen molar-refractivity contribution in [3.05, 3.63) is 71.4 Å². The maximum absolute atomic E-state index is 9.44. The highest BCUT2D eigenvalue weighted by Crippen LogP contribution is 2.32. The average molecular weight is 362 g/mol. The smallest absolute Gasteiger partial charge is 0.0934 e. The molecule has 0 bridgehead atoms. The van der Waals surface area contributed by atoms with Crippen LogP contribution in [0.1, 0.15) is 0 Å². The van der Waals surface area contributed by atoms with E-state index in [4.69, 9.17) is 0 Å². The van der Waals surface area contributed by atoms with Crippen LogP contribution in [0.5, 0.6) is 0 Å². The molecule has 2 heterocycles. The van der Waals surface area contributed by atoms with E-state index in [0.29, 0.717) is 0 Å². The number of aromatic nitrogens is 2. The van der Waals surface area contributed by atoms with Crippen molar-refractivity contribution >= 4 is 22.9 Å².